The molecule has 0 aliphatic carbocycles. The quantitative estimate of drug-likeness (QED) is 0.772. The Bertz CT molecular complexity index is 491. The second kappa shape index (κ2) is 4.07. The van der Waals surface area contributed by atoms with Crippen LogP contribution in [-0.2, 0) is 12.4 Å². The van der Waals surface area contributed by atoms with Gasteiger partial charge in [0, 0.05) is 0 Å². The molecule has 3 nitrogen and oxygen atoms in total. The molecule has 0 saturated carbocycles. The third-order valence-corrected chi connectivity index (χ3v) is 1.99. The van der Waals surface area contributed by atoms with Gasteiger partial charge >= 0.3 is 12.4 Å². The lowest BCUT2D eigenvalue weighted by Gasteiger charge is -2.15. The lowest BCUT2D eigenvalue weighted by molar-refractivity contribution is -0.142. The largest absolute Gasteiger partial charge is 0.507 e. The van der Waals surface area contributed by atoms with Crippen molar-refractivity contribution < 1.29 is 36.2 Å². The van der Waals surface area contributed by atoms with Gasteiger partial charge in [0.1, 0.15) is 11.3 Å². The van der Waals surface area contributed by atoms with Gasteiger partial charge in [-0.3, -0.25) is 4.79 Å². The summed E-state index contributed by atoms with van der Waals surface area (Å²) in [7, 11) is 0. The number of amides is 1. The Hall–Kier alpha value is -1.93. The molecule has 0 spiro atoms. The molecule has 0 bridgehead atoms. The molecule has 0 heterocycles. The summed E-state index contributed by atoms with van der Waals surface area (Å²) in [5.74, 6) is -3.42. The molecule has 0 unspecified atom stereocenters. The molecule has 0 radical (unpaired) electrons. The summed E-state index contributed by atoms with van der Waals surface area (Å²) in [4.78, 5) is 10.7. The molecule has 0 saturated heterocycles. The molecule has 1 amide bonds. The molecule has 9 heteroatoms. The van der Waals surface area contributed by atoms with Crippen molar-refractivity contribution in [1.29, 1.82) is 0 Å². The highest BCUT2D eigenvalue weighted by atomic mass is 19.4. The number of primary amides is 1. The van der Waals surface area contributed by atoms with Gasteiger partial charge in [-0.1, -0.05) is 0 Å². The minimum absolute atomic E-state index is 0.0507. The predicted molar refractivity (Wildman–Crippen MR) is 46.6 cm³/mol. The van der Waals surface area contributed by atoms with Crippen molar-refractivity contribution in [3.8, 4) is 5.75 Å². The van der Waals surface area contributed by atoms with Crippen LogP contribution >= 0.6 is 0 Å². The van der Waals surface area contributed by atoms with Crippen molar-refractivity contribution in [2.75, 3.05) is 0 Å². The number of rotatable bonds is 1. The van der Waals surface area contributed by atoms with Crippen molar-refractivity contribution in [3.63, 3.8) is 0 Å². The average Bonchev–Trinajstić information content (AvgIpc) is 2.12. The highest BCUT2D eigenvalue weighted by Crippen LogP contribution is 2.41. The first-order valence-corrected chi connectivity index (χ1v) is 4.26. The molecule has 1 aromatic rings. The van der Waals surface area contributed by atoms with Crippen LogP contribution < -0.4 is 5.73 Å². The number of nitrogens with two attached hydrogens (primary N) is 1. The van der Waals surface area contributed by atoms with Gasteiger partial charge in [-0.15, -0.1) is 0 Å². The maximum atomic E-state index is 12.4. The van der Waals surface area contributed by atoms with Crippen LogP contribution in [0.4, 0.5) is 26.3 Å². The van der Waals surface area contributed by atoms with Crippen LogP contribution in [0.5, 0.6) is 5.75 Å². The van der Waals surface area contributed by atoms with Crippen LogP contribution in [-0.4, -0.2) is 11.0 Å². The fourth-order valence-corrected chi connectivity index (χ4v) is 1.28. The Morgan fingerprint density at radius 1 is 1.06 bits per heavy atom. The molecule has 0 atom stereocenters. The first-order valence-electron chi connectivity index (χ1n) is 4.26. The van der Waals surface area contributed by atoms with Gasteiger partial charge in [-0.25, -0.2) is 0 Å². The van der Waals surface area contributed by atoms with Crippen LogP contribution in [0.2, 0.25) is 0 Å². The standard InChI is InChI=1S/C9H5F6NO2/c10-8(11,12)3-1-4(7(16)18)6(5(17)2-3)9(13,14)15/h1-2,17H,(H2,16,18). The molecule has 18 heavy (non-hydrogen) atoms. The van der Waals surface area contributed by atoms with Crippen molar-refractivity contribution in [1.82, 2.24) is 0 Å². The molecular formula is C9H5F6NO2. The highest BCUT2D eigenvalue weighted by molar-refractivity contribution is 5.95. The van der Waals surface area contributed by atoms with Crippen molar-refractivity contribution >= 4 is 5.91 Å². The molecular weight excluding hydrogens is 268 g/mol. The lowest BCUT2D eigenvalue weighted by Crippen LogP contribution is -2.20. The monoisotopic (exact) mass is 273 g/mol. The number of hydrogen-bond acceptors (Lipinski definition) is 2. The van der Waals surface area contributed by atoms with Crippen molar-refractivity contribution in [2.45, 2.75) is 12.4 Å². The predicted octanol–water partition coefficient (Wildman–Crippen LogP) is 2.53. The zero-order valence-electron chi connectivity index (χ0n) is 8.36. The number of aromatic hydroxyl groups is 1. The molecule has 3 N–H and O–H groups in total. The van der Waals surface area contributed by atoms with E-state index in [1.54, 1.807) is 0 Å². The number of alkyl halides is 6. The number of hydrogen-bond donors (Lipinski definition) is 2. The molecule has 0 aliphatic rings. The van der Waals surface area contributed by atoms with Gasteiger partial charge in [0.05, 0.1) is 11.1 Å². The summed E-state index contributed by atoms with van der Waals surface area (Å²) in [6.07, 6.45) is -10.2. The zero-order valence-corrected chi connectivity index (χ0v) is 8.36. The van der Waals surface area contributed by atoms with Crippen LogP contribution in [0, 0.1) is 0 Å². The Labute approximate surface area is 95.8 Å². The van der Waals surface area contributed by atoms with E-state index in [1.807, 2.05) is 0 Å². The summed E-state index contributed by atoms with van der Waals surface area (Å²) in [5, 5.41) is 8.99. The molecule has 0 aromatic heterocycles. The van der Waals surface area contributed by atoms with Crippen molar-refractivity contribution in [3.05, 3.63) is 28.8 Å². The molecule has 0 aliphatic heterocycles. The van der Waals surface area contributed by atoms with Gasteiger partial charge in [-0.05, 0) is 12.1 Å². The van der Waals surface area contributed by atoms with Gasteiger partial charge in [-0.2, -0.15) is 26.3 Å². The Morgan fingerprint density at radius 3 is 1.89 bits per heavy atom. The van der Waals surface area contributed by atoms with E-state index >= 15 is 0 Å². The summed E-state index contributed by atoms with van der Waals surface area (Å²) < 4.78 is 74.2. The third-order valence-electron chi connectivity index (χ3n) is 1.99. The van der Waals surface area contributed by atoms with Gasteiger partial charge in [0.2, 0.25) is 5.91 Å². The Morgan fingerprint density at radius 2 is 1.56 bits per heavy atom. The second-order valence-electron chi connectivity index (χ2n) is 3.28. The molecule has 100 valence electrons. The van der Waals surface area contributed by atoms with E-state index in [-0.39, 0.29) is 12.1 Å². The molecule has 1 rings (SSSR count). The topological polar surface area (TPSA) is 63.3 Å². The number of phenolic OH excluding ortho intramolecular Hbond substituents is 1. The minimum Gasteiger partial charge on any atom is -0.507 e. The van der Waals surface area contributed by atoms with E-state index in [2.05, 4.69) is 5.73 Å². The third kappa shape index (κ3) is 2.66. The van der Waals surface area contributed by atoms with Crippen LogP contribution in [0.1, 0.15) is 21.5 Å². The molecule has 1 aromatic carbocycles. The molecule has 0 fully saturated rings. The fourth-order valence-electron chi connectivity index (χ4n) is 1.28. The second-order valence-corrected chi connectivity index (χ2v) is 3.28. The summed E-state index contributed by atoms with van der Waals surface area (Å²) in [6.45, 7) is 0. The lowest BCUT2D eigenvalue weighted by atomic mass is 10.0. The SMILES string of the molecule is NC(=O)c1cc(C(F)(F)F)cc(O)c1C(F)(F)F. The highest BCUT2D eigenvalue weighted by Gasteiger charge is 2.41. The van der Waals surface area contributed by atoms with Gasteiger partial charge in [0.15, 0.2) is 0 Å². The van der Waals surface area contributed by atoms with Gasteiger partial charge in [0.25, 0.3) is 0 Å². The van der Waals surface area contributed by atoms with Crippen molar-refractivity contribution in [2.24, 2.45) is 5.73 Å². The van der Waals surface area contributed by atoms with Crippen LogP contribution in [0.25, 0.3) is 0 Å². The maximum Gasteiger partial charge on any atom is 0.420 e. The number of carbonyl (C=O) groups is 1. The minimum atomic E-state index is -5.20. The number of halogens is 6. The Kier molecular flexibility index (Phi) is 3.20. The summed E-state index contributed by atoms with van der Waals surface area (Å²) >= 11 is 0. The maximum absolute atomic E-state index is 12.4. The van der Waals surface area contributed by atoms with Crippen LogP contribution in [0.3, 0.4) is 0 Å². The smallest absolute Gasteiger partial charge is 0.420 e. The van der Waals surface area contributed by atoms with E-state index in [4.69, 9.17) is 5.11 Å². The first-order chi connectivity index (χ1) is 7.94. The van der Waals surface area contributed by atoms with E-state index < -0.39 is 40.7 Å². The number of phenols is 1. The summed E-state index contributed by atoms with van der Waals surface area (Å²) in [5.41, 5.74) is -0.342. The Balaban J connectivity index is 3.62. The van der Waals surface area contributed by atoms with Crippen LogP contribution in [0.15, 0.2) is 12.1 Å². The van der Waals surface area contributed by atoms with E-state index in [1.165, 1.54) is 0 Å². The van der Waals surface area contributed by atoms with E-state index in [0.717, 1.165) is 0 Å². The zero-order chi connectivity index (χ0) is 14.3. The average molecular weight is 273 g/mol. The number of benzene rings is 1. The van der Waals surface area contributed by atoms with E-state index in [9.17, 15) is 31.1 Å². The first kappa shape index (κ1) is 14.1. The van der Waals surface area contributed by atoms with E-state index in [0.29, 0.717) is 0 Å². The van der Waals surface area contributed by atoms with Gasteiger partial charge < -0.3 is 10.8 Å². The normalized spacial score (nSPS) is 12.6. The fraction of sp³-hybridized carbons (Fsp3) is 0.222. The number of carbonyl (C=O) groups excluding carboxylic acids is 1. The summed E-state index contributed by atoms with van der Waals surface area (Å²) in [6, 6.07) is -0.167.